The van der Waals surface area contributed by atoms with Gasteiger partial charge < -0.3 is 9.64 Å². The van der Waals surface area contributed by atoms with Crippen LogP contribution in [-0.2, 0) is 6.54 Å². The third-order valence-corrected chi connectivity index (χ3v) is 4.75. The largest absolute Gasteiger partial charge is 0.497 e. The van der Waals surface area contributed by atoms with Gasteiger partial charge in [0.25, 0.3) is 5.91 Å². The number of aromatic nitrogens is 3. The van der Waals surface area contributed by atoms with E-state index in [0.29, 0.717) is 17.3 Å². The maximum Gasteiger partial charge on any atom is 0.276 e. The van der Waals surface area contributed by atoms with Crippen molar-refractivity contribution >= 4 is 17.5 Å². The summed E-state index contributed by atoms with van der Waals surface area (Å²) in [7, 11) is 3.38. The molecule has 0 bridgehead atoms. The van der Waals surface area contributed by atoms with Gasteiger partial charge >= 0.3 is 0 Å². The molecule has 6 nitrogen and oxygen atoms in total. The molecule has 0 radical (unpaired) electrons. The number of ether oxygens (including phenoxy) is 1. The van der Waals surface area contributed by atoms with Gasteiger partial charge in [0.15, 0.2) is 5.69 Å². The molecule has 7 heteroatoms. The molecule has 0 aliphatic carbocycles. The summed E-state index contributed by atoms with van der Waals surface area (Å²) in [6.07, 6.45) is 1.66. The van der Waals surface area contributed by atoms with Crippen LogP contribution in [0.15, 0.2) is 54.7 Å². The molecule has 0 saturated heterocycles. The Bertz CT molecular complexity index is 924. The van der Waals surface area contributed by atoms with Crippen molar-refractivity contribution in [2.75, 3.05) is 14.2 Å². The van der Waals surface area contributed by atoms with Gasteiger partial charge in [-0.05, 0) is 42.3 Å². The smallest absolute Gasteiger partial charge is 0.276 e. The molecule has 0 aliphatic heterocycles. The molecule has 0 aliphatic rings. The Morgan fingerprint density at radius 3 is 2.70 bits per heavy atom. The van der Waals surface area contributed by atoms with E-state index in [0.717, 1.165) is 16.9 Å². The number of hydrogen-bond acceptors (Lipinski definition) is 4. The quantitative estimate of drug-likeness (QED) is 0.648. The third kappa shape index (κ3) is 4.46. The average molecular weight is 385 g/mol. The van der Waals surface area contributed by atoms with Gasteiger partial charge in [-0.15, -0.1) is 5.10 Å². The monoisotopic (exact) mass is 384 g/mol. The number of carbonyl (C=O) groups excluding carboxylic acids is 1. The van der Waals surface area contributed by atoms with E-state index < -0.39 is 0 Å². The first-order valence-electron chi connectivity index (χ1n) is 8.53. The van der Waals surface area contributed by atoms with Crippen molar-refractivity contribution in [1.29, 1.82) is 0 Å². The summed E-state index contributed by atoms with van der Waals surface area (Å²) in [6.45, 7) is 2.48. The Labute approximate surface area is 163 Å². The minimum Gasteiger partial charge on any atom is -0.497 e. The minimum absolute atomic E-state index is 0.131. The summed E-state index contributed by atoms with van der Waals surface area (Å²) < 4.78 is 6.90. The standard InChI is InChI=1S/C20H21ClN4O2/c1-14(16-5-4-6-18(11-16)27-3)24(2)20(26)19-13-25(23-22-19)12-15-7-9-17(21)10-8-15/h4-11,13-14H,12H2,1-3H3/t14-/m1/s1. The maximum atomic E-state index is 12.8. The van der Waals surface area contributed by atoms with Crippen LogP contribution < -0.4 is 4.74 Å². The zero-order chi connectivity index (χ0) is 19.4. The summed E-state index contributed by atoms with van der Waals surface area (Å²) in [5.41, 5.74) is 2.32. The predicted molar refractivity (Wildman–Crippen MR) is 104 cm³/mol. The molecular weight excluding hydrogens is 364 g/mol. The molecule has 0 saturated carbocycles. The number of methoxy groups -OCH3 is 1. The van der Waals surface area contributed by atoms with Crippen molar-refractivity contribution in [3.8, 4) is 5.75 Å². The van der Waals surface area contributed by atoms with Gasteiger partial charge in [0, 0.05) is 12.1 Å². The lowest BCUT2D eigenvalue weighted by Gasteiger charge is -2.24. The van der Waals surface area contributed by atoms with Crippen LogP contribution in [0.4, 0.5) is 0 Å². The Kier molecular flexibility index (Phi) is 5.76. The lowest BCUT2D eigenvalue weighted by Crippen LogP contribution is -2.30. The molecule has 140 valence electrons. The lowest BCUT2D eigenvalue weighted by molar-refractivity contribution is 0.0736. The van der Waals surface area contributed by atoms with Crippen molar-refractivity contribution in [3.05, 3.63) is 76.6 Å². The van der Waals surface area contributed by atoms with E-state index in [4.69, 9.17) is 16.3 Å². The van der Waals surface area contributed by atoms with Crippen molar-refractivity contribution in [2.24, 2.45) is 0 Å². The molecular formula is C20H21ClN4O2. The van der Waals surface area contributed by atoms with Crippen LogP contribution >= 0.6 is 11.6 Å². The van der Waals surface area contributed by atoms with Crippen molar-refractivity contribution in [1.82, 2.24) is 19.9 Å². The zero-order valence-corrected chi connectivity index (χ0v) is 16.2. The Morgan fingerprint density at radius 1 is 1.26 bits per heavy atom. The lowest BCUT2D eigenvalue weighted by atomic mass is 10.1. The third-order valence-electron chi connectivity index (χ3n) is 4.49. The first-order valence-corrected chi connectivity index (χ1v) is 8.91. The molecule has 0 N–H and O–H groups in total. The second-order valence-corrected chi connectivity index (χ2v) is 6.73. The molecule has 3 aromatic rings. The van der Waals surface area contributed by atoms with E-state index in [-0.39, 0.29) is 11.9 Å². The second kappa shape index (κ2) is 8.22. The number of nitrogens with zero attached hydrogens (tertiary/aromatic N) is 4. The fourth-order valence-electron chi connectivity index (χ4n) is 2.73. The topological polar surface area (TPSA) is 60.2 Å². The van der Waals surface area contributed by atoms with Gasteiger partial charge in [0.1, 0.15) is 5.75 Å². The molecule has 27 heavy (non-hydrogen) atoms. The molecule has 1 amide bonds. The van der Waals surface area contributed by atoms with Gasteiger partial charge in [-0.2, -0.15) is 0 Å². The minimum atomic E-state index is -0.187. The molecule has 1 atom stereocenters. The maximum absolute atomic E-state index is 12.8. The van der Waals surface area contributed by atoms with E-state index in [2.05, 4.69) is 10.3 Å². The number of hydrogen-bond donors (Lipinski definition) is 0. The molecule has 0 spiro atoms. The molecule has 1 aromatic heterocycles. The van der Waals surface area contributed by atoms with Gasteiger partial charge in [-0.25, -0.2) is 4.68 Å². The van der Waals surface area contributed by atoms with Crippen LogP contribution in [0.1, 0.15) is 34.6 Å². The van der Waals surface area contributed by atoms with Gasteiger partial charge in [0.2, 0.25) is 0 Å². The summed E-state index contributed by atoms with van der Waals surface area (Å²) >= 11 is 5.90. The first-order chi connectivity index (χ1) is 13.0. The zero-order valence-electron chi connectivity index (χ0n) is 15.5. The second-order valence-electron chi connectivity index (χ2n) is 6.30. The number of amides is 1. The van der Waals surface area contributed by atoms with Crippen LogP contribution in [0.5, 0.6) is 5.75 Å². The molecule has 2 aromatic carbocycles. The number of halogens is 1. The Hall–Kier alpha value is -2.86. The van der Waals surface area contributed by atoms with E-state index in [1.807, 2.05) is 55.5 Å². The Morgan fingerprint density at radius 2 is 2.00 bits per heavy atom. The highest BCUT2D eigenvalue weighted by Crippen LogP contribution is 2.24. The van der Waals surface area contributed by atoms with Crippen LogP contribution in [0.3, 0.4) is 0 Å². The fourth-order valence-corrected chi connectivity index (χ4v) is 2.86. The first kappa shape index (κ1) is 18.9. The van der Waals surface area contributed by atoms with Crippen LogP contribution in [0.2, 0.25) is 5.02 Å². The van der Waals surface area contributed by atoms with Crippen molar-refractivity contribution < 1.29 is 9.53 Å². The predicted octanol–water partition coefficient (Wildman–Crippen LogP) is 3.82. The Balaban J connectivity index is 1.71. The summed E-state index contributed by atoms with van der Waals surface area (Å²) in [4.78, 5) is 14.4. The highest BCUT2D eigenvalue weighted by molar-refractivity contribution is 6.30. The number of benzene rings is 2. The van der Waals surface area contributed by atoms with Crippen LogP contribution in [-0.4, -0.2) is 40.0 Å². The summed E-state index contributed by atoms with van der Waals surface area (Å²) in [5.74, 6) is 0.571. The van der Waals surface area contributed by atoms with E-state index in [1.54, 1.807) is 29.9 Å². The van der Waals surface area contributed by atoms with Gasteiger partial charge in [-0.1, -0.05) is 41.1 Å². The summed E-state index contributed by atoms with van der Waals surface area (Å²) in [6, 6.07) is 15.0. The fraction of sp³-hybridized carbons (Fsp3) is 0.250. The van der Waals surface area contributed by atoms with Gasteiger partial charge in [0.05, 0.1) is 25.9 Å². The SMILES string of the molecule is COc1cccc([C@@H](C)N(C)C(=O)c2cn(Cc3ccc(Cl)cc3)nn2)c1. The van der Waals surface area contributed by atoms with Crippen molar-refractivity contribution in [3.63, 3.8) is 0 Å². The van der Waals surface area contributed by atoms with Crippen molar-refractivity contribution in [2.45, 2.75) is 19.5 Å². The average Bonchev–Trinajstić information content (AvgIpc) is 3.16. The highest BCUT2D eigenvalue weighted by atomic mass is 35.5. The normalized spacial score (nSPS) is 11.9. The molecule has 0 unspecified atom stereocenters. The van der Waals surface area contributed by atoms with Crippen LogP contribution in [0.25, 0.3) is 0 Å². The van der Waals surface area contributed by atoms with Crippen LogP contribution in [0, 0.1) is 0 Å². The van der Waals surface area contributed by atoms with E-state index in [1.165, 1.54) is 0 Å². The molecule has 3 rings (SSSR count). The number of carbonyl (C=O) groups is 1. The summed E-state index contributed by atoms with van der Waals surface area (Å²) in [5, 5.41) is 8.78. The van der Waals surface area contributed by atoms with Gasteiger partial charge in [-0.3, -0.25) is 4.79 Å². The molecule has 0 fully saturated rings. The highest BCUT2D eigenvalue weighted by Gasteiger charge is 2.22. The number of rotatable bonds is 6. The van der Waals surface area contributed by atoms with E-state index in [9.17, 15) is 4.79 Å². The van der Waals surface area contributed by atoms with E-state index >= 15 is 0 Å². The molecule has 1 heterocycles.